The lowest BCUT2D eigenvalue weighted by Crippen LogP contribution is -2.55. The van der Waals surface area contributed by atoms with Crippen LogP contribution in [0.5, 0.6) is 5.75 Å². The Kier molecular flexibility index (Phi) is 8.91. The van der Waals surface area contributed by atoms with Crippen molar-refractivity contribution < 1.29 is 29.1 Å². The monoisotopic (exact) mass is 566 g/mol. The first-order valence-electron chi connectivity index (χ1n) is 14.2. The van der Waals surface area contributed by atoms with E-state index in [-0.39, 0.29) is 17.9 Å². The van der Waals surface area contributed by atoms with Crippen LogP contribution in [-0.2, 0) is 26.3 Å². The van der Waals surface area contributed by atoms with E-state index >= 15 is 0 Å². The first-order chi connectivity index (χ1) is 19.3. The van der Waals surface area contributed by atoms with E-state index in [0.29, 0.717) is 51.3 Å². The summed E-state index contributed by atoms with van der Waals surface area (Å²) in [6, 6.07) is 10.7. The third-order valence-electron chi connectivity index (χ3n) is 7.98. The molecule has 4 rings (SSSR count). The van der Waals surface area contributed by atoms with Crippen LogP contribution in [0, 0.1) is 19.8 Å². The number of piperidine rings is 1. The Bertz CT molecular complexity index is 1250. The lowest BCUT2D eigenvalue weighted by molar-refractivity contribution is -0.146. The topological polar surface area (TPSA) is 121 Å². The minimum absolute atomic E-state index is 0.155. The fourth-order valence-corrected chi connectivity index (χ4v) is 5.89. The number of hydroxylamine groups is 1. The van der Waals surface area contributed by atoms with Gasteiger partial charge in [0, 0.05) is 31.0 Å². The van der Waals surface area contributed by atoms with Gasteiger partial charge in [-0.1, -0.05) is 12.1 Å². The highest BCUT2D eigenvalue weighted by molar-refractivity contribution is 5.94. The second kappa shape index (κ2) is 12.1. The number of aryl methyl sites for hydroxylation is 2. The highest BCUT2D eigenvalue weighted by atomic mass is 16.6. The Labute approximate surface area is 242 Å². The number of aromatic nitrogens is 1. The average molecular weight is 567 g/mol. The van der Waals surface area contributed by atoms with Crippen molar-refractivity contribution in [3.8, 4) is 5.75 Å². The molecule has 0 saturated carbocycles. The van der Waals surface area contributed by atoms with E-state index in [9.17, 15) is 19.6 Å². The predicted molar refractivity (Wildman–Crippen MR) is 152 cm³/mol. The molecule has 1 aromatic heterocycles. The van der Waals surface area contributed by atoms with Gasteiger partial charge in [-0.05, 0) is 102 Å². The lowest BCUT2D eigenvalue weighted by atomic mass is 9.80. The van der Waals surface area contributed by atoms with Crippen molar-refractivity contribution in [2.75, 3.05) is 19.6 Å². The van der Waals surface area contributed by atoms with Gasteiger partial charge < -0.3 is 19.3 Å². The van der Waals surface area contributed by atoms with Crippen LogP contribution >= 0.6 is 0 Å². The van der Waals surface area contributed by atoms with Crippen LogP contribution < -0.4 is 10.2 Å². The molecule has 10 nitrogen and oxygen atoms in total. The van der Waals surface area contributed by atoms with E-state index in [1.165, 1.54) is 0 Å². The first-order valence-corrected chi connectivity index (χ1v) is 14.2. The summed E-state index contributed by atoms with van der Waals surface area (Å²) < 4.78 is 11.5. The normalized spacial score (nSPS) is 20.6. The van der Waals surface area contributed by atoms with Gasteiger partial charge in [0.05, 0.1) is 5.41 Å². The van der Waals surface area contributed by atoms with Gasteiger partial charge in [-0.15, -0.1) is 0 Å². The highest BCUT2D eigenvalue weighted by Crippen LogP contribution is 2.39. The van der Waals surface area contributed by atoms with Gasteiger partial charge in [0.2, 0.25) is 5.91 Å². The Hall–Kier alpha value is -3.66. The summed E-state index contributed by atoms with van der Waals surface area (Å²) in [5, 5.41) is 9.55. The maximum atomic E-state index is 13.9. The molecule has 2 N–H and O–H groups in total. The van der Waals surface area contributed by atoms with Gasteiger partial charge in [0.25, 0.3) is 5.91 Å². The number of likely N-dealkylation sites (tertiary alicyclic amines) is 2. The molecule has 0 aliphatic carbocycles. The SMILES string of the molecule is Cc1cc(COc2ccc(C3(C)CCN([C@@H](C(=O)NO)C4CCN(C(=O)OC(C)(C)C)CC4)C3=O)cc2)cc(C)n1. The van der Waals surface area contributed by atoms with E-state index in [1.54, 1.807) is 15.3 Å². The number of rotatable bonds is 7. The largest absolute Gasteiger partial charge is 0.489 e. The smallest absolute Gasteiger partial charge is 0.410 e. The molecule has 1 aromatic carbocycles. The number of nitrogens with one attached hydrogen (secondary N) is 1. The number of benzene rings is 1. The molecule has 3 amide bonds. The van der Waals surface area contributed by atoms with E-state index in [1.807, 2.05) is 77.9 Å². The van der Waals surface area contributed by atoms with Gasteiger partial charge in [-0.3, -0.25) is 19.8 Å². The van der Waals surface area contributed by atoms with Crippen LogP contribution in [0.1, 0.15) is 69.5 Å². The Morgan fingerprint density at radius 3 is 2.27 bits per heavy atom. The molecule has 0 spiro atoms. The number of nitrogens with zero attached hydrogens (tertiary/aromatic N) is 3. The number of ether oxygens (including phenoxy) is 2. The summed E-state index contributed by atoms with van der Waals surface area (Å²) in [7, 11) is 0. The Morgan fingerprint density at radius 2 is 1.71 bits per heavy atom. The summed E-state index contributed by atoms with van der Waals surface area (Å²) >= 11 is 0. The molecule has 10 heteroatoms. The second-order valence-corrected chi connectivity index (χ2v) is 12.4. The fourth-order valence-electron chi connectivity index (χ4n) is 5.89. The van der Waals surface area contributed by atoms with Crippen LogP contribution in [0.3, 0.4) is 0 Å². The second-order valence-electron chi connectivity index (χ2n) is 12.4. The van der Waals surface area contributed by atoms with E-state index in [2.05, 4.69) is 4.98 Å². The molecule has 2 aliphatic heterocycles. The zero-order chi connectivity index (χ0) is 29.9. The molecular formula is C31H42N4O6. The van der Waals surface area contributed by atoms with Crippen molar-refractivity contribution in [1.29, 1.82) is 0 Å². The molecule has 2 saturated heterocycles. The summed E-state index contributed by atoms with van der Waals surface area (Å²) in [4.78, 5) is 46.9. The molecule has 0 bridgehead atoms. The van der Waals surface area contributed by atoms with E-state index in [4.69, 9.17) is 9.47 Å². The van der Waals surface area contributed by atoms with Crippen molar-refractivity contribution in [3.05, 3.63) is 58.9 Å². The maximum Gasteiger partial charge on any atom is 0.410 e. The van der Waals surface area contributed by atoms with Gasteiger partial charge in [-0.25, -0.2) is 10.3 Å². The standard InChI is InChI=1S/C31H42N4O6/c1-20-17-22(18-21(2)32-20)19-40-25-9-7-24(8-10-25)31(6)13-16-35(28(31)37)26(27(36)33-39)23-11-14-34(15-12-23)29(38)41-30(3,4)5/h7-10,17-18,23,26,39H,11-16,19H2,1-6H3,(H,33,36)/t26-,31?/m1/s1. The molecule has 41 heavy (non-hydrogen) atoms. The molecule has 2 fully saturated rings. The van der Waals surface area contributed by atoms with Crippen molar-refractivity contribution in [2.24, 2.45) is 5.92 Å². The first kappa shape index (κ1) is 30.3. The molecule has 1 unspecified atom stereocenters. The van der Waals surface area contributed by atoms with Crippen LogP contribution in [0.4, 0.5) is 4.79 Å². The van der Waals surface area contributed by atoms with Crippen LogP contribution in [-0.4, -0.2) is 69.2 Å². The zero-order valence-corrected chi connectivity index (χ0v) is 24.9. The van der Waals surface area contributed by atoms with Gasteiger partial charge in [-0.2, -0.15) is 0 Å². The van der Waals surface area contributed by atoms with Gasteiger partial charge in [0.15, 0.2) is 0 Å². The predicted octanol–water partition coefficient (Wildman–Crippen LogP) is 4.29. The zero-order valence-electron chi connectivity index (χ0n) is 24.9. The van der Waals surface area contributed by atoms with Crippen molar-refractivity contribution in [3.63, 3.8) is 0 Å². The van der Waals surface area contributed by atoms with E-state index in [0.717, 1.165) is 22.5 Å². The summed E-state index contributed by atoms with van der Waals surface area (Å²) in [5.41, 5.74) is 4.13. The van der Waals surface area contributed by atoms with Gasteiger partial charge >= 0.3 is 6.09 Å². The number of carbonyl (C=O) groups is 3. The number of hydrogen-bond donors (Lipinski definition) is 2. The van der Waals surface area contributed by atoms with Crippen molar-refractivity contribution in [1.82, 2.24) is 20.3 Å². The van der Waals surface area contributed by atoms with Crippen LogP contribution in [0.2, 0.25) is 0 Å². The quantitative estimate of drug-likeness (QED) is 0.379. The lowest BCUT2D eigenvalue weighted by Gasteiger charge is -2.39. The molecule has 2 aromatic rings. The summed E-state index contributed by atoms with van der Waals surface area (Å²) in [6.07, 6.45) is 1.18. The Morgan fingerprint density at radius 1 is 1.10 bits per heavy atom. The molecule has 2 aliphatic rings. The maximum absolute atomic E-state index is 13.9. The van der Waals surface area contributed by atoms with Crippen LogP contribution in [0.15, 0.2) is 36.4 Å². The van der Waals surface area contributed by atoms with Crippen molar-refractivity contribution in [2.45, 2.75) is 84.5 Å². The molecule has 3 heterocycles. The molecule has 222 valence electrons. The number of hydrogen-bond acceptors (Lipinski definition) is 7. The summed E-state index contributed by atoms with van der Waals surface area (Å²) in [6.45, 7) is 12.9. The third-order valence-corrected chi connectivity index (χ3v) is 7.98. The van der Waals surface area contributed by atoms with Crippen LogP contribution in [0.25, 0.3) is 0 Å². The van der Waals surface area contributed by atoms with E-state index < -0.39 is 23.0 Å². The van der Waals surface area contributed by atoms with Crippen molar-refractivity contribution >= 4 is 17.9 Å². The minimum atomic E-state index is -0.829. The number of pyridine rings is 1. The molecular weight excluding hydrogens is 524 g/mol. The molecule has 0 radical (unpaired) electrons. The van der Waals surface area contributed by atoms with Gasteiger partial charge in [0.1, 0.15) is 24.0 Å². The Balaban J connectivity index is 1.42. The third kappa shape index (κ3) is 6.98. The highest BCUT2D eigenvalue weighted by Gasteiger charge is 2.50. The number of amides is 3. The number of carbonyl (C=O) groups excluding carboxylic acids is 3. The molecule has 2 atom stereocenters. The fraction of sp³-hybridized carbons (Fsp3) is 0.548. The average Bonchev–Trinajstić information content (AvgIpc) is 3.21. The minimum Gasteiger partial charge on any atom is -0.489 e. The summed E-state index contributed by atoms with van der Waals surface area (Å²) in [5.74, 6) is -0.273.